The first kappa shape index (κ1) is 19.9. The molecule has 0 saturated heterocycles. The van der Waals surface area contributed by atoms with Crippen molar-refractivity contribution in [3.05, 3.63) is 83.2 Å². The molecule has 0 aliphatic heterocycles. The van der Waals surface area contributed by atoms with Crippen LogP contribution in [0.3, 0.4) is 0 Å². The molecule has 0 unspecified atom stereocenters. The number of benzene rings is 2. The zero-order valence-corrected chi connectivity index (χ0v) is 17.0. The maximum Gasteiger partial charge on any atom is 0.277 e. The van der Waals surface area contributed by atoms with E-state index >= 15 is 0 Å². The van der Waals surface area contributed by atoms with Gasteiger partial charge in [0, 0.05) is 24.3 Å². The summed E-state index contributed by atoms with van der Waals surface area (Å²) < 4.78 is 19.7. The Kier molecular flexibility index (Phi) is 5.97. The summed E-state index contributed by atoms with van der Waals surface area (Å²) in [6.45, 7) is 0.684. The average molecular weight is 422 g/mol. The van der Waals surface area contributed by atoms with Crippen molar-refractivity contribution in [1.29, 1.82) is 0 Å². The Morgan fingerprint density at radius 1 is 1.13 bits per heavy atom. The number of carbonyl (C=O) groups is 1. The molecular formula is C22H19FN4O2S. The lowest BCUT2D eigenvalue weighted by atomic mass is 10.1. The predicted molar refractivity (Wildman–Crippen MR) is 115 cm³/mol. The van der Waals surface area contributed by atoms with Crippen molar-refractivity contribution in [2.24, 2.45) is 0 Å². The largest absolute Gasteiger partial charge is 0.384 e. The summed E-state index contributed by atoms with van der Waals surface area (Å²) in [5.41, 5.74) is 3.89. The minimum absolute atomic E-state index is 0.249. The van der Waals surface area contributed by atoms with Gasteiger partial charge in [-0.2, -0.15) is 5.10 Å². The molecule has 0 radical (unpaired) electrons. The van der Waals surface area contributed by atoms with E-state index in [2.05, 4.69) is 15.4 Å². The second-order valence-electron chi connectivity index (χ2n) is 6.55. The Labute approximate surface area is 177 Å². The van der Waals surface area contributed by atoms with Crippen LogP contribution in [0.4, 0.5) is 9.52 Å². The highest BCUT2D eigenvalue weighted by Gasteiger charge is 2.13. The van der Waals surface area contributed by atoms with Crippen LogP contribution in [0.1, 0.15) is 16.1 Å². The molecule has 152 valence electrons. The minimum Gasteiger partial charge on any atom is -0.384 e. The van der Waals surface area contributed by atoms with Crippen LogP contribution in [0.2, 0.25) is 0 Å². The lowest BCUT2D eigenvalue weighted by molar-refractivity contribution is 0.102. The van der Waals surface area contributed by atoms with E-state index in [1.54, 1.807) is 31.5 Å². The number of rotatable bonds is 7. The number of thiazole rings is 1. The van der Waals surface area contributed by atoms with Gasteiger partial charge in [0.15, 0.2) is 10.8 Å². The molecule has 2 aromatic carbocycles. The van der Waals surface area contributed by atoms with Crippen molar-refractivity contribution in [2.75, 3.05) is 19.0 Å². The lowest BCUT2D eigenvalue weighted by Crippen LogP contribution is -2.13. The fourth-order valence-electron chi connectivity index (χ4n) is 2.87. The Balaban J connectivity index is 1.42. The third-order valence-electron chi connectivity index (χ3n) is 4.48. The normalized spacial score (nSPS) is 10.9. The van der Waals surface area contributed by atoms with Crippen LogP contribution in [0.25, 0.3) is 16.9 Å². The number of aromatic nitrogens is 3. The van der Waals surface area contributed by atoms with E-state index in [9.17, 15) is 9.18 Å². The minimum atomic E-state index is -0.355. The van der Waals surface area contributed by atoms with Crippen molar-refractivity contribution in [2.45, 2.75) is 6.42 Å². The van der Waals surface area contributed by atoms with Gasteiger partial charge in [-0.1, -0.05) is 24.3 Å². The molecule has 1 amide bonds. The molecule has 2 heterocycles. The molecule has 0 saturated carbocycles. The topological polar surface area (TPSA) is 69.0 Å². The number of ether oxygens (including phenoxy) is 1. The second kappa shape index (κ2) is 8.98. The molecule has 30 heavy (non-hydrogen) atoms. The molecule has 6 nitrogen and oxygen atoms in total. The van der Waals surface area contributed by atoms with Crippen molar-refractivity contribution in [1.82, 2.24) is 14.8 Å². The molecule has 0 spiro atoms. The maximum atomic E-state index is 13.1. The van der Waals surface area contributed by atoms with Crippen LogP contribution in [0.5, 0.6) is 0 Å². The molecular weight excluding hydrogens is 403 g/mol. The first-order valence-corrected chi connectivity index (χ1v) is 10.2. The molecule has 0 aliphatic carbocycles. The third kappa shape index (κ3) is 4.61. The predicted octanol–water partition coefficient (Wildman–Crippen LogP) is 4.58. The summed E-state index contributed by atoms with van der Waals surface area (Å²) in [5, 5.41) is 9.43. The highest BCUT2D eigenvalue weighted by Crippen LogP contribution is 2.25. The van der Waals surface area contributed by atoms with Gasteiger partial charge in [0.2, 0.25) is 0 Å². The fraction of sp³-hybridized carbons (Fsp3) is 0.136. The van der Waals surface area contributed by atoms with Crippen LogP contribution < -0.4 is 5.32 Å². The molecule has 0 fully saturated rings. The SMILES string of the molecule is COCCc1ccc(-c2csc(NC(=O)c3ccn(-c4ccc(F)cc4)n3)n2)cc1. The third-order valence-corrected chi connectivity index (χ3v) is 5.24. The van der Waals surface area contributed by atoms with Gasteiger partial charge in [-0.15, -0.1) is 11.3 Å². The number of methoxy groups -OCH3 is 1. The van der Waals surface area contributed by atoms with E-state index in [1.165, 1.54) is 33.7 Å². The quantitative estimate of drug-likeness (QED) is 0.473. The van der Waals surface area contributed by atoms with Gasteiger partial charge < -0.3 is 4.74 Å². The summed E-state index contributed by atoms with van der Waals surface area (Å²) in [6.07, 6.45) is 2.51. The molecule has 4 rings (SSSR count). The van der Waals surface area contributed by atoms with Gasteiger partial charge in [0.05, 0.1) is 18.0 Å². The van der Waals surface area contributed by atoms with Gasteiger partial charge in [0.1, 0.15) is 5.82 Å². The smallest absolute Gasteiger partial charge is 0.277 e. The number of anilines is 1. The lowest BCUT2D eigenvalue weighted by Gasteiger charge is -2.02. The van der Waals surface area contributed by atoms with Crippen molar-refractivity contribution in [3.8, 4) is 16.9 Å². The molecule has 4 aromatic rings. The van der Waals surface area contributed by atoms with E-state index < -0.39 is 0 Å². The Hall–Kier alpha value is -3.36. The summed E-state index contributed by atoms with van der Waals surface area (Å²) in [4.78, 5) is 17.0. The number of halogens is 1. The van der Waals surface area contributed by atoms with Crippen molar-refractivity contribution in [3.63, 3.8) is 0 Å². The first-order valence-electron chi connectivity index (χ1n) is 9.29. The second-order valence-corrected chi connectivity index (χ2v) is 7.41. The molecule has 0 bridgehead atoms. The zero-order valence-electron chi connectivity index (χ0n) is 16.2. The Morgan fingerprint density at radius 2 is 1.90 bits per heavy atom. The number of amides is 1. The standard InChI is InChI=1S/C22H19FN4O2S/c1-29-13-11-15-2-4-16(5-3-15)20-14-30-22(24-20)25-21(28)19-10-12-27(26-19)18-8-6-17(23)7-9-18/h2-10,12,14H,11,13H2,1H3,(H,24,25,28). The van der Waals surface area contributed by atoms with E-state index in [4.69, 9.17) is 4.74 Å². The van der Waals surface area contributed by atoms with Crippen LogP contribution >= 0.6 is 11.3 Å². The molecule has 2 aromatic heterocycles. The molecule has 0 atom stereocenters. The van der Waals surface area contributed by atoms with Gasteiger partial charge in [-0.05, 0) is 42.3 Å². The van der Waals surface area contributed by atoms with E-state index in [-0.39, 0.29) is 17.4 Å². The number of hydrogen-bond acceptors (Lipinski definition) is 5. The number of nitrogens with zero attached hydrogens (tertiary/aromatic N) is 3. The summed E-state index contributed by atoms with van der Waals surface area (Å²) in [6, 6.07) is 15.6. The monoisotopic (exact) mass is 422 g/mol. The van der Waals surface area contributed by atoms with E-state index in [0.29, 0.717) is 17.4 Å². The van der Waals surface area contributed by atoms with Gasteiger partial charge >= 0.3 is 0 Å². The molecule has 8 heteroatoms. The summed E-state index contributed by atoms with van der Waals surface area (Å²) in [7, 11) is 1.69. The van der Waals surface area contributed by atoms with E-state index in [1.807, 2.05) is 29.6 Å². The fourth-order valence-corrected chi connectivity index (χ4v) is 3.58. The van der Waals surface area contributed by atoms with Crippen LogP contribution in [0.15, 0.2) is 66.2 Å². The highest BCUT2D eigenvalue weighted by molar-refractivity contribution is 7.14. The van der Waals surface area contributed by atoms with E-state index in [0.717, 1.165) is 17.7 Å². The van der Waals surface area contributed by atoms with Crippen molar-refractivity contribution < 1.29 is 13.9 Å². The maximum absolute atomic E-state index is 13.1. The Bertz CT molecular complexity index is 1140. The van der Waals surface area contributed by atoms with Crippen LogP contribution in [0, 0.1) is 5.82 Å². The first-order chi connectivity index (χ1) is 14.6. The van der Waals surface area contributed by atoms with Gasteiger partial charge in [-0.25, -0.2) is 14.1 Å². The average Bonchev–Trinajstić information content (AvgIpc) is 3.43. The van der Waals surface area contributed by atoms with Crippen LogP contribution in [-0.4, -0.2) is 34.4 Å². The Morgan fingerprint density at radius 3 is 2.63 bits per heavy atom. The summed E-state index contributed by atoms with van der Waals surface area (Å²) in [5.74, 6) is -0.681. The summed E-state index contributed by atoms with van der Waals surface area (Å²) >= 11 is 1.35. The molecule has 1 N–H and O–H groups in total. The van der Waals surface area contributed by atoms with Gasteiger partial charge in [0.25, 0.3) is 5.91 Å². The molecule has 0 aliphatic rings. The number of carbonyl (C=O) groups excluding carboxylic acids is 1. The van der Waals surface area contributed by atoms with Gasteiger partial charge in [-0.3, -0.25) is 10.1 Å². The highest BCUT2D eigenvalue weighted by atomic mass is 32.1. The number of nitrogens with one attached hydrogen (secondary N) is 1. The number of hydrogen-bond donors (Lipinski definition) is 1. The van der Waals surface area contributed by atoms with Crippen molar-refractivity contribution >= 4 is 22.4 Å². The zero-order chi connectivity index (χ0) is 20.9. The van der Waals surface area contributed by atoms with Crippen LogP contribution in [-0.2, 0) is 11.2 Å².